The molecule has 2 heteroatoms. The zero-order chi connectivity index (χ0) is 17.0. The molecule has 22 heavy (non-hydrogen) atoms. The van der Waals surface area contributed by atoms with Crippen LogP contribution in [0.1, 0.15) is 50.6 Å². The number of carbonyl (C=O) groups excluding carboxylic acids is 1. The van der Waals surface area contributed by atoms with Gasteiger partial charge in [0.2, 0.25) is 0 Å². The van der Waals surface area contributed by atoms with Gasteiger partial charge in [-0.15, -0.1) is 0 Å². The number of benzene rings is 2. The van der Waals surface area contributed by atoms with E-state index in [-0.39, 0.29) is 7.21 Å². The summed E-state index contributed by atoms with van der Waals surface area (Å²) in [5, 5.41) is 2.98. The summed E-state index contributed by atoms with van der Waals surface area (Å²) in [6.45, 7) is 9.85. The van der Waals surface area contributed by atoms with Crippen molar-refractivity contribution in [3.63, 3.8) is 0 Å². The number of Topliss-reactive ketones (excluding diaryl/α,β-unsaturated/α-hetero) is 1. The second-order valence-corrected chi connectivity index (χ2v) is 4.72. The molecule has 0 aliphatic carbocycles. The highest BCUT2D eigenvalue weighted by atomic mass is 16.1. The van der Waals surface area contributed by atoms with Crippen LogP contribution >= 0.6 is 0 Å². The van der Waals surface area contributed by atoms with Crippen LogP contribution in [-0.2, 0) is 6.42 Å². The van der Waals surface area contributed by atoms with E-state index in [4.69, 9.17) is 0 Å². The Balaban J connectivity index is 0. The zero-order valence-corrected chi connectivity index (χ0v) is 14.7. The summed E-state index contributed by atoms with van der Waals surface area (Å²) in [5.74, 6) is 0.104. The molecule has 1 N–H and O–H groups in total. The van der Waals surface area contributed by atoms with E-state index >= 15 is 0 Å². The maximum absolute atomic E-state index is 10.8. The molecule has 0 saturated heterocycles. The maximum atomic E-state index is 10.8. The van der Waals surface area contributed by atoms with Gasteiger partial charge in [-0.25, -0.2) is 0 Å². The van der Waals surface area contributed by atoms with E-state index in [1.807, 2.05) is 45.2 Å². The molecule has 0 aliphatic heterocycles. The van der Waals surface area contributed by atoms with Crippen LogP contribution in [0.3, 0.4) is 0 Å². The minimum Gasteiger partial charge on any atom is -0.388 e. The average Bonchev–Trinajstić information content (AvgIpc) is 2.58. The number of aryl methyl sites for hydroxylation is 2. The molecule has 0 atom stereocenters. The number of nitrogens with one attached hydrogen (secondary N) is 1. The maximum Gasteiger partial charge on any atom is 0.159 e. The Labute approximate surface area is 137 Å². The lowest BCUT2D eigenvalue weighted by atomic mass is 10.1. The van der Waals surface area contributed by atoms with E-state index in [1.165, 1.54) is 11.1 Å². The summed E-state index contributed by atoms with van der Waals surface area (Å²) >= 11 is 0. The molecule has 122 valence electrons. The van der Waals surface area contributed by atoms with Crippen molar-refractivity contribution in [1.82, 2.24) is 0 Å². The van der Waals surface area contributed by atoms with Crippen molar-refractivity contribution < 1.29 is 6.22 Å². The van der Waals surface area contributed by atoms with Crippen molar-refractivity contribution >= 4 is 11.5 Å². The van der Waals surface area contributed by atoms with Gasteiger partial charge in [-0.2, -0.15) is 0 Å². The van der Waals surface area contributed by atoms with Crippen molar-refractivity contribution in [3.05, 3.63) is 65.2 Å². The van der Waals surface area contributed by atoms with E-state index in [2.05, 4.69) is 43.4 Å². The first-order valence-electron chi connectivity index (χ1n) is 7.91. The van der Waals surface area contributed by atoms with Crippen molar-refractivity contribution in [2.24, 2.45) is 0 Å². The lowest BCUT2D eigenvalue weighted by molar-refractivity contribution is 0.101. The first-order chi connectivity index (χ1) is 10.6. The number of ketones is 1. The van der Waals surface area contributed by atoms with Crippen LogP contribution in [0.2, 0.25) is 0 Å². The SMILES string of the molecule is CC.CCc1ccc(C)cc1.CNc1ccc(C(C)=O)cc1.[HH]. The van der Waals surface area contributed by atoms with Gasteiger partial charge in [-0.05, 0) is 50.1 Å². The van der Waals surface area contributed by atoms with Gasteiger partial charge in [0, 0.05) is 19.7 Å². The summed E-state index contributed by atoms with van der Waals surface area (Å²) in [6, 6.07) is 16.1. The van der Waals surface area contributed by atoms with Crippen molar-refractivity contribution in [2.45, 2.75) is 41.0 Å². The van der Waals surface area contributed by atoms with E-state index in [1.54, 1.807) is 6.92 Å². The summed E-state index contributed by atoms with van der Waals surface area (Å²) in [5.41, 5.74) is 4.53. The zero-order valence-electron chi connectivity index (χ0n) is 14.7. The quantitative estimate of drug-likeness (QED) is 0.730. The van der Waals surface area contributed by atoms with Crippen molar-refractivity contribution in [3.8, 4) is 0 Å². The molecule has 0 radical (unpaired) electrons. The Morgan fingerprint density at radius 3 is 1.86 bits per heavy atom. The van der Waals surface area contributed by atoms with E-state index in [9.17, 15) is 4.79 Å². The van der Waals surface area contributed by atoms with Crippen LogP contribution in [0.25, 0.3) is 0 Å². The largest absolute Gasteiger partial charge is 0.388 e. The topological polar surface area (TPSA) is 29.1 Å². The van der Waals surface area contributed by atoms with Gasteiger partial charge in [0.05, 0.1) is 0 Å². The van der Waals surface area contributed by atoms with Gasteiger partial charge in [0.15, 0.2) is 5.78 Å². The molecule has 2 nitrogen and oxygen atoms in total. The Morgan fingerprint density at radius 2 is 1.50 bits per heavy atom. The second-order valence-electron chi connectivity index (χ2n) is 4.72. The number of anilines is 1. The highest BCUT2D eigenvalue weighted by Gasteiger charge is 1.96. The predicted octanol–water partition coefficient (Wildman–Crippen LogP) is 5.76. The third-order valence-electron chi connectivity index (χ3n) is 3.11. The lowest BCUT2D eigenvalue weighted by Crippen LogP contribution is -1.92. The highest BCUT2D eigenvalue weighted by Crippen LogP contribution is 2.08. The fourth-order valence-corrected chi connectivity index (χ4v) is 1.70. The summed E-state index contributed by atoms with van der Waals surface area (Å²) in [4.78, 5) is 10.8. The first-order valence-corrected chi connectivity index (χ1v) is 7.91. The Morgan fingerprint density at radius 1 is 1.00 bits per heavy atom. The van der Waals surface area contributed by atoms with Gasteiger partial charge in [0.25, 0.3) is 0 Å². The minimum atomic E-state index is 0. The third-order valence-corrected chi connectivity index (χ3v) is 3.11. The van der Waals surface area contributed by atoms with Crippen LogP contribution < -0.4 is 5.32 Å². The van der Waals surface area contributed by atoms with Crippen LogP contribution in [0.5, 0.6) is 0 Å². The molecular weight excluding hydrogens is 270 g/mol. The lowest BCUT2D eigenvalue weighted by Gasteiger charge is -1.99. The van der Waals surface area contributed by atoms with Gasteiger partial charge in [-0.3, -0.25) is 4.79 Å². The van der Waals surface area contributed by atoms with Crippen LogP contribution in [-0.4, -0.2) is 12.8 Å². The molecule has 2 aromatic rings. The monoisotopic (exact) mass is 301 g/mol. The predicted molar refractivity (Wildman–Crippen MR) is 100 cm³/mol. The minimum absolute atomic E-state index is 0. The highest BCUT2D eigenvalue weighted by molar-refractivity contribution is 5.94. The Kier molecular flexibility index (Phi) is 10.5. The first kappa shape index (κ1) is 19.9. The normalized spacial score (nSPS) is 8.82. The average molecular weight is 301 g/mol. The third kappa shape index (κ3) is 7.63. The molecule has 0 unspecified atom stereocenters. The fourth-order valence-electron chi connectivity index (χ4n) is 1.70. The molecule has 2 rings (SSSR count). The molecule has 0 fully saturated rings. The molecule has 0 heterocycles. The number of hydrogen-bond donors (Lipinski definition) is 1. The van der Waals surface area contributed by atoms with E-state index in [0.717, 1.165) is 17.7 Å². The Hall–Kier alpha value is -2.09. The Bertz CT molecular complexity index is 533. The molecule has 0 saturated carbocycles. The molecular formula is C20H31NO. The van der Waals surface area contributed by atoms with Crippen molar-refractivity contribution in [2.75, 3.05) is 12.4 Å². The van der Waals surface area contributed by atoms with Crippen molar-refractivity contribution in [1.29, 1.82) is 0 Å². The van der Waals surface area contributed by atoms with Gasteiger partial charge < -0.3 is 5.32 Å². The van der Waals surface area contributed by atoms with Gasteiger partial charge in [-0.1, -0.05) is 50.6 Å². The number of rotatable bonds is 3. The van der Waals surface area contributed by atoms with E-state index in [0.29, 0.717) is 0 Å². The second kappa shape index (κ2) is 11.6. The molecule has 0 bridgehead atoms. The van der Waals surface area contributed by atoms with E-state index < -0.39 is 0 Å². The number of carbonyl (C=O) groups is 1. The van der Waals surface area contributed by atoms with Crippen LogP contribution in [0.4, 0.5) is 5.69 Å². The fraction of sp³-hybridized carbons (Fsp3) is 0.350. The smallest absolute Gasteiger partial charge is 0.159 e. The summed E-state index contributed by atoms with van der Waals surface area (Å²) in [7, 11) is 1.85. The summed E-state index contributed by atoms with van der Waals surface area (Å²) in [6.07, 6.45) is 1.14. The standard InChI is InChI=1S/C9H11NO.C9H12.C2H6.H2/c1-7(11)8-3-5-9(10-2)6-4-8;1-3-9-6-4-8(2)5-7-9;1-2;/h3-6,10H,1-2H3;4-7H,3H2,1-2H3;1-2H3;1H. The molecule has 0 aliphatic rings. The summed E-state index contributed by atoms with van der Waals surface area (Å²) < 4.78 is 0. The molecule has 0 amide bonds. The molecule has 2 aromatic carbocycles. The van der Waals surface area contributed by atoms with Crippen LogP contribution in [0.15, 0.2) is 48.5 Å². The molecule has 0 spiro atoms. The van der Waals surface area contributed by atoms with Crippen LogP contribution in [0, 0.1) is 6.92 Å². The van der Waals surface area contributed by atoms with Gasteiger partial charge in [0.1, 0.15) is 0 Å². The van der Waals surface area contributed by atoms with Gasteiger partial charge >= 0.3 is 0 Å². The molecule has 0 aromatic heterocycles. The number of hydrogen-bond acceptors (Lipinski definition) is 2.